The molecule has 2 N–H and O–H groups in total. The van der Waals surface area contributed by atoms with E-state index in [1.165, 1.54) is 5.56 Å². The summed E-state index contributed by atoms with van der Waals surface area (Å²) in [4.78, 5) is 0. The van der Waals surface area contributed by atoms with E-state index in [9.17, 15) is 0 Å². The Morgan fingerprint density at radius 1 is 1.18 bits per heavy atom. The van der Waals surface area contributed by atoms with Crippen molar-refractivity contribution in [3.8, 4) is 0 Å². The topological polar surface area (TPSA) is 44.5 Å². The quantitative estimate of drug-likeness (QED) is 0.755. The zero-order chi connectivity index (χ0) is 12.5. The highest BCUT2D eigenvalue weighted by Gasteiger charge is 2.08. The van der Waals surface area contributed by atoms with Crippen LogP contribution in [0.15, 0.2) is 30.3 Å². The van der Waals surface area contributed by atoms with E-state index in [2.05, 4.69) is 19.1 Å². The summed E-state index contributed by atoms with van der Waals surface area (Å²) in [7, 11) is 0. The first-order valence-corrected chi connectivity index (χ1v) is 6.26. The van der Waals surface area contributed by atoms with Crippen molar-refractivity contribution in [2.45, 2.75) is 32.5 Å². The molecule has 0 spiro atoms. The fourth-order valence-corrected chi connectivity index (χ4v) is 1.70. The second-order valence-corrected chi connectivity index (χ2v) is 4.03. The standard InChI is InChI=1S/C14H23NO2/c1-3-16-14(11-15)9-10-17-12(2)13-7-5-4-6-8-13/h4-8,12,14H,3,9-11,15H2,1-2H3. The van der Waals surface area contributed by atoms with Gasteiger partial charge in [-0.15, -0.1) is 0 Å². The van der Waals surface area contributed by atoms with Crippen molar-refractivity contribution < 1.29 is 9.47 Å². The van der Waals surface area contributed by atoms with Crippen LogP contribution in [0.5, 0.6) is 0 Å². The van der Waals surface area contributed by atoms with Gasteiger partial charge in [0.15, 0.2) is 0 Å². The first-order chi connectivity index (χ1) is 8.27. The van der Waals surface area contributed by atoms with Crippen LogP contribution in [0.25, 0.3) is 0 Å². The Morgan fingerprint density at radius 2 is 1.88 bits per heavy atom. The zero-order valence-corrected chi connectivity index (χ0v) is 10.8. The normalized spacial score (nSPS) is 14.5. The molecule has 3 nitrogen and oxygen atoms in total. The smallest absolute Gasteiger partial charge is 0.0796 e. The van der Waals surface area contributed by atoms with Gasteiger partial charge in [-0.1, -0.05) is 30.3 Å². The average Bonchev–Trinajstić information content (AvgIpc) is 2.38. The van der Waals surface area contributed by atoms with E-state index in [4.69, 9.17) is 15.2 Å². The van der Waals surface area contributed by atoms with Crippen molar-refractivity contribution >= 4 is 0 Å². The SMILES string of the molecule is CCOC(CN)CCOC(C)c1ccccc1. The van der Waals surface area contributed by atoms with E-state index in [0.717, 1.165) is 6.42 Å². The van der Waals surface area contributed by atoms with E-state index in [1.54, 1.807) is 0 Å². The second kappa shape index (κ2) is 8.23. The fourth-order valence-electron chi connectivity index (χ4n) is 1.70. The zero-order valence-electron chi connectivity index (χ0n) is 10.8. The molecule has 0 aromatic heterocycles. The number of benzene rings is 1. The summed E-state index contributed by atoms with van der Waals surface area (Å²) in [5.41, 5.74) is 6.81. The molecule has 2 unspecified atom stereocenters. The Bertz CT molecular complexity index is 290. The average molecular weight is 237 g/mol. The Hall–Kier alpha value is -0.900. The van der Waals surface area contributed by atoms with E-state index < -0.39 is 0 Å². The molecule has 0 aliphatic heterocycles. The molecule has 17 heavy (non-hydrogen) atoms. The summed E-state index contributed by atoms with van der Waals surface area (Å²) >= 11 is 0. The maximum Gasteiger partial charge on any atom is 0.0796 e. The second-order valence-electron chi connectivity index (χ2n) is 4.03. The summed E-state index contributed by atoms with van der Waals surface area (Å²) in [5.74, 6) is 0. The lowest BCUT2D eigenvalue weighted by Gasteiger charge is -2.17. The predicted molar refractivity (Wildman–Crippen MR) is 69.9 cm³/mol. The molecule has 0 bridgehead atoms. The van der Waals surface area contributed by atoms with E-state index in [-0.39, 0.29) is 12.2 Å². The summed E-state index contributed by atoms with van der Waals surface area (Å²) < 4.78 is 11.2. The maximum atomic E-state index is 5.77. The number of rotatable bonds is 8. The minimum absolute atomic E-state index is 0.114. The molecule has 0 amide bonds. The minimum Gasteiger partial charge on any atom is -0.377 e. The lowest BCUT2D eigenvalue weighted by Crippen LogP contribution is -2.25. The van der Waals surface area contributed by atoms with Gasteiger partial charge in [-0.2, -0.15) is 0 Å². The molecule has 0 heterocycles. The van der Waals surface area contributed by atoms with Crippen molar-refractivity contribution in [1.82, 2.24) is 0 Å². The van der Waals surface area contributed by atoms with Crippen LogP contribution in [0.3, 0.4) is 0 Å². The van der Waals surface area contributed by atoms with Crippen LogP contribution in [0.1, 0.15) is 31.9 Å². The van der Waals surface area contributed by atoms with Crippen LogP contribution in [-0.2, 0) is 9.47 Å². The predicted octanol–water partition coefficient (Wildman–Crippen LogP) is 2.52. The van der Waals surface area contributed by atoms with Gasteiger partial charge < -0.3 is 15.2 Å². The lowest BCUT2D eigenvalue weighted by molar-refractivity contribution is 0.0106. The highest BCUT2D eigenvalue weighted by molar-refractivity contribution is 5.16. The van der Waals surface area contributed by atoms with Crippen LogP contribution in [-0.4, -0.2) is 25.9 Å². The molecule has 1 aromatic carbocycles. The van der Waals surface area contributed by atoms with E-state index in [1.807, 2.05) is 25.1 Å². The lowest BCUT2D eigenvalue weighted by atomic mass is 10.1. The molecule has 0 saturated carbocycles. The summed E-state index contributed by atoms with van der Waals surface area (Å²) in [6.45, 7) is 5.98. The van der Waals surface area contributed by atoms with Crippen molar-refractivity contribution in [3.63, 3.8) is 0 Å². The summed E-state index contributed by atoms with van der Waals surface area (Å²) in [5, 5.41) is 0. The molecule has 0 fully saturated rings. The van der Waals surface area contributed by atoms with Gasteiger partial charge in [-0.25, -0.2) is 0 Å². The highest BCUT2D eigenvalue weighted by Crippen LogP contribution is 2.16. The third kappa shape index (κ3) is 5.31. The number of ether oxygens (including phenoxy) is 2. The Labute approximate surface area is 104 Å². The van der Waals surface area contributed by atoms with Crippen molar-refractivity contribution in [2.75, 3.05) is 19.8 Å². The van der Waals surface area contributed by atoms with Gasteiger partial charge in [-0.05, 0) is 25.8 Å². The summed E-state index contributed by atoms with van der Waals surface area (Å²) in [6, 6.07) is 10.2. The third-order valence-corrected chi connectivity index (χ3v) is 2.74. The van der Waals surface area contributed by atoms with Gasteiger partial charge in [-0.3, -0.25) is 0 Å². The van der Waals surface area contributed by atoms with E-state index in [0.29, 0.717) is 19.8 Å². The number of hydrogen-bond donors (Lipinski definition) is 1. The molecule has 0 aliphatic carbocycles. The first-order valence-electron chi connectivity index (χ1n) is 6.26. The Kier molecular flexibility index (Phi) is 6.86. The van der Waals surface area contributed by atoms with Crippen molar-refractivity contribution in [1.29, 1.82) is 0 Å². The molecule has 1 rings (SSSR count). The minimum atomic E-state index is 0.114. The highest BCUT2D eigenvalue weighted by atomic mass is 16.5. The molecule has 0 saturated heterocycles. The molecule has 0 aliphatic rings. The molecular formula is C14H23NO2. The van der Waals surface area contributed by atoms with Crippen LogP contribution in [0.4, 0.5) is 0 Å². The summed E-state index contributed by atoms with van der Waals surface area (Å²) in [6.07, 6.45) is 1.08. The van der Waals surface area contributed by atoms with Crippen molar-refractivity contribution in [2.24, 2.45) is 5.73 Å². The molecule has 2 atom stereocenters. The Balaban J connectivity index is 2.26. The maximum absolute atomic E-state index is 5.77. The van der Waals surface area contributed by atoms with Gasteiger partial charge in [0.25, 0.3) is 0 Å². The molecule has 0 radical (unpaired) electrons. The molecule has 3 heteroatoms. The molecule has 96 valence electrons. The van der Waals surface area contributed by atoms with Crippen LogP contribution in [0, 0.1) is 0 Å². The van der Waals surface area contributed by atoms with Crippen molar-refractivity contribution in [3.05, 3.63) is 35.9 Å². The van der Waals surface area contributed by atoms with Crippen LogP contribution in [0.2, 0.25) is 0 Å². The monoisotopic (exact) mass is 237 g/mol. The third-order valence-electron chi connectivity index (χ3n) is 2.74. The number of nitrogens with two attached hydrogens (primary N) is 1. The van der Waals surface area contributed by atoms with Gasteiger partial charge in [0, 0.05) is 19.8 Å². The van der Waals surface area contributed by atoms with E-state index >= 15 is 0 Å². The van der Waals surface area contributed by atoms with Gasteiger partial charge in [0.05, 0.1) is 12.2 Å². The Morgan fingerprint density at radius 3 is 2.47 bits per heavy atom. The largest absolute Gasteiger partial charge is 0.377 e. The number of hydrogen-bond acceptors (Lipinski definition) is 3. The molecule has 1 aromatic rings. The van der Waals surface area contributed by atoms with Gasteiger partial charge in [0.1, 0.15) is 0 Å². The van der Waals surface area contributed by atoms with Crippen LogP contribution >= 0.6 is 0 Å². The van der Waals surface area contributed by atoms with Crippen LogP contribution < -0.4 is 5.73 Å². The van der Waals surface area contributed by atoms with Gasteiger partial charge >= 0.3 is 0 Å². The first kappa shape index (κ1) is 14.2. The van der Waals surface area contributed by atoms with Gasteiger partial charge in [0.2, 0.25) is 0 Å². The fraction of sp³-hybridized carbons (Fsp3) is 0.571. The molecular weight excluding hydrogens is 214 g/mol.